The van der Waals surface area contributed by atoms with E-state index in [9.17, 15) is 0 Å². The van der Waals surface area contributed by atoms with Gasteiger partial charge in [0.1, 0.15) is 17.8 Å². The molecule has 0 aliphatic rings. The normalized spacial score (nSPS) is 10.8. The lowest BCUT2D eigenvalue weighted by molar-refractivity contribution is 0.469. The van der Waals surface area contributed by atoms with Crippen LogP contribution in [0.2, 0.25) is 0 Å². The van der Waals surface area contributed by atoms with Gasteiger partial charge in [0.25, 0.3) is 6.01 Å². The van der Waals surface area contributed by atoms with Crippen LogP contribution in [0.15, 0.2) is 27.2 Å². The van der Waals surface area contributed by atoms with Gasteiger partial charge in [-0.25, -0.2) is 0 Å². The fraction of sp³-hybridized carbons (Fsp3) is 0.462. The van der Waals surface area contributed by atoms with Gasteiger partial charge < -0.3 is 19.1 Å². The molecule has 98 valence electrons. The lowest BCUT2D eigenvalue weighted by Crippen LogP contribution is -2.17. The highest BCUT2D eigenvalue weighted by Crippen LogP contribution is 2.16. The van der Waals surface area contributed by atoms with Crippen molar-refractivity contribution < 1.29 is 8.83 Å². The first-order chi connectivity index (χ1) is 8.69. The van der Waals surface area contributed by atoms with E-state index in [1.165, 1.54) is 0 Å². The van der Waals surface area contributed by atoms with Crippen LogP contribution in [0.5, 0.6) is 0 Å². The van der Waals surface area contributed by atoms with E-state index in [1.807, 2.05) is 31.0 Å². The Hall–Kier alpha value is -1.75. The molecule has 0 saturated carbocycles. The number of rotatable bonds is 6. The number of aromatic nitrogens is 1. The fourth-order valence-electron chi connectivity index (χ4n) is 1.68. The van der Waals surface area contributed by atoms with Gasteiger partial charge in [0, 0.05) is 13.6 Å². The summed E-state index contributed by atoms with van der Waals surface area (Å²) in [6.45, 7) is 6.29. The second kappa shape index (κ2) is 5.73. The van der Waals surface area contributed by atoms with Gasteiger partial charge in [0.15, 0.2) is 0 Å². The lowest BCUT2D eigenvalue weighted by Gasteiger charge is -2.11. The van der Waals surface area contributed by atoms with Crippen LogP contribution < -0.4 is 10.2 Å². The molecule has 0 fully saturated rings. The summed E-state index contributed by atoms with van der Waals surface area (Å²) in [6, 6.07) is 4.53. The highest BCUT2D eigenvalue weighted by Gasteiger charge is 2.11. The SMILES string of the molecule is CCNCc1coc(N(C)Cc2ccc(C)o2)n1. The molecule has 0 saturated heterocycles. The Morgan fingerprint density at radius 1 is 1.39 bits per heavy atom. The zero-order chi connectivity index (χ0) is 13.0. The van der Waals surface area contributed by atoms with Crippen molar-refractivity contribution in [1.29, 1.82) is 0 Å². The molecule has 5 heteroatoms. The summed E-state index contributed by atoms with van der Waals surface area (Å²) in [7, 11) is 1.93. The number of aryl methyl sites for hydroxylation is 1. The molecule has 0 radical (unpaired) electrons. The van der Waals surface area contributed by atoms with Gasteiger partial charge in [-0.1, -0.05) is 6.92 Å². The Morgan fingerprint density at radius 3 is 2.89 bits per heavy atom. The summed E-state index contributed by atoms with van der Waals surface area (Å²) in [4.78, 5) is 6.33. The Balaban J connectivity index is 1.96. The topological polar surface area (TPSA) is 54.4 Å². The maximum absolute atomic E-state index is 5.52. The molecular weight excluding hydrogens is 230 g/mol. The number of nitrogens with zero attached hydrogens (tertiary/aromatic N) is 2. The number of furan rings is 1. The second-order valence-corrected chi connectivity index (χ2v) is 4.27. The van der Waals surface area contributed by atoms with Crippen molar-refractivity contribution in [3.8, 4) is 0 Å². The molecule has 0 unspecified atom stereocenters. The van der Waals surface area contributed by atoms with Crippen LogP contribution >= 0.6 is 0 Å². The van der Waals surface area contributed by atoms with E-state index in [-0.39, 0.29) is 0 Å². The van der Waals surface area contributed by atoms with E-state index in [4.69, 9.17) is 8.83 Å². The largest absolute Gasteiger partial charge is 0.464 e. The third-order valence-electron chi connectivity index (χ3n) is 2.61. The van der Waals surface area contributed by atoms with Crippen molar-refractivity contribution in [3.05, 3.63) is 35.6 Å². The zero-order valence-corrected chi connectivity index (χ0v) is 11.1. The van der Waals surface area contributed by atoms with Crippen molar-refractivity contribution in [1.82, 2.24) is 10.3 Å². The quantitative estimate of drug-likeness (QED) is 0.851. The van der Waals surface area contributed by atoms with Crippen molar-refractivity contribution in [2.75, 3.05) is 18.5 Å². The minimum atomic E-state index is 0.608. The average Bonchev–Trinajstić information content (AvgIpc) is 2.96. The lowest BCUT2D eigenvalue weighted by atomic mass is 10.4. The van der Waals surface area contributed by atoms with Crippen molar-refractivity contribution >= 4 is 6.01 Å². The Morgan fingerprint density at radius 2 is 2.22 bits per heavy atom. The summed E-state index contributed by atoms with van der Waals surface area (Å²) in [5.74, 6) is 1.82. The molecule has 2 aromatic heterocycles. The highest BCUT2D eigenvalue weighted by molar-refractivity contribution is 5.26. The standard InChI is InChI=1S/C13H19N3O2/c1-4-14-7-11-9-17-13(15-11)16(3)8-12-6-5-10(2)18-12/h5-6,9,14H,4,7-8H2,1-3H3. The van der Waals surface area contributed by atoms with Crippen LogP contribution in [0, 0.1) is 6.92 Å². The third-order valence-corrected chi connectivity index (χ3v) is 2.61. The van der Waals surface area contributed by atoms with E-state index in [0.717, 1.165) is 30.3 Å². The molecule has 0 aliphatic carbocycles. The van der Waals surface area contributed by atoms with Crippen LogP contribution in [0.25, 0.3) is 0 Å². The van der Waals surface area contributed by atoms with Crippen LogP contribution in [0.4, 0.5) is 6.01 Å². The number of hydrogen-bond donors (Lipinski definition) is 1. The Bertz CT molecular complexity index is 490. The third kappa shape index (κ3) is 3.13. The first kappa shape index (κ1) is 12.7. The molecular formula is C13H19N3O2. The minimum absolute atomic E-state index is 0.608. The number of oxazole rings is 1. The van der Waals surface area contributed by atoms with Crippen molar-refractivity contribution in [2.24, 2.45) is 0 Å². The van der Waals surface area contributed by atoms with Gasteiger partial charge in [0.05, 0.1) is 12.2 Å². The van der Waals surface area contributed by atoms with E-state index >= 15 is 0 Å². The summed E-state index contributed by atoms with van der Waals surface area (Å²) in [6.07, 6.45) is 1.68. The Kier molecular flexibility index (Phi) is 4.04. The summed E-state index contributed by atoms with van der Waals surface area (Å²) < 4.78 is 11.0. The second-order valence-electron chi connectivity index (χ2n) is 4.27. The van der Waals surface area contributed by atoms with Gasteiger partial charge in [-0.3, -0.25) is 0 Å². The molecule has 0 aliphatic heterocycles. The molecule has 2 aromatic rings. The monoisotopic (exact) mass is 249 g/mol. The van der Waals surface area contributed by atoms with Crippen LogP contribution in [-0.4, -0.2) is 18.6 Å². The van der Waals surface area contributed by atoms with E-state index in [2.05, 4.69) is 17.2 Å². The number of nitrogens with one attached hydrogen (secondary N) is 1. The van der Waals surface area contributed by atoms with Crippen molar-refractivity contribution in [3.63, 3.8) is 0 Å². The molecule has 2 rings (SSSR count). The van der Waals surface area contributed by atoms with Gasteiger partial charge >= 0.3 is 0 Å². The number of hydrogen-bond acceptors (Lipinski definition) is 5. The predicted octanol–water partition coefficient (Wildman–Crippen LogP) is 2.32. The summed E-state index contributed by atoms with van der Waals surface area (Å²) >= 11 is 0. The van der Waals surface area contributed by atoms with E-state index < -0.39 is 0 Å². The average molecular weight is 249 g/mol. The molecule has 0 atom stereocenters. The first-order valence-electron chi connectivity index (χ1n) is 6.10. The predicted molar refractivity (Wildman–Crippen MR) is 69.4 cm³/mol. The zero-order valence-electron chi connectivity index (χ0n) is 11.1. The number of anilines is 1. The van der Waals surface area contributed by atoms with Crippen LogP contribution in [0.3, 0.4) is 0 Å². The van der Waals surface area contributed by atoms with E-state index in [1.54, 1.807) is 6.26 Å². The molecule has 1 N–H and O–H groups in total. The highest BCUT2D eigenvalue weighted by atomic mass is 16.4. The maximum atomic E-state index is 5.52. The van der Waals surface area contributed by atoms with Gasteiger partial charge in [0.2, 0.25) is 0 Å². The van der Waals surface area contributed by atoms with Gasteiger partial charge in [-0.2, -0.15) is 4.98 Å². The van der Waals surface area contributed by atoms with E-state index in [0.29, 0.717) is 12.6 Å². The van der Waals surface area contributed by atoms with Crippen LogP contribution in [-0.2, 0) is 13.1 Å². The van der Waals surface area contributed by atoms with Gasteiger partial charge in [-0.15, -0.1) is 0 Å². The molecule has 18 heavy (non-hydrogen) atoms. The minimum Gasteiger partial charge on any atom is -0.464 e. The van der Waals surface area contributed by atoms with Crippen molar-refractivity contribution in [2.45, 2.75) is 26.9 Å². The smallest absolute Gasteiger partial charge is 0.297 e. The first-order valence-corrected chi connectivity index (χ1v) is 6.10. The Labute approximate surface area is 107 Å². The fourth-order valence-corrected chi connectivity index (χ4v) is 1.68. The van der Waals surface area contributed by atoms with Crippen LogP contribution in [0.1, 0.15) is 24.1 Å². The molecule has 0 spiro atoms. The summed E-state index contributed by atoms with van der Waals surface area (Å²) in [5.41, 5.74) is 0.911. The maximum Gasteiger partial charge on any atom is 0.297 e. The molecule has 0 bridgehead atoms. The van der Waals surface area contributed by atoms with Gasteiger partial charge in [-0.05, 0) is 25.6 Å². The molecule has 5 nitrogen and oxygen atoms in total. The molecule has 0 aromatic carbocycles. The molecule has 2 heterocycles. The molecule has 0 amide bonds. The summed E-state index contributed by atoms with van der Waals surface area (Å²) in [5, 5.41) is 3.21.